The smallest absolute Gasteiger partial charge is 0.330 e. The van der Waals surface area contributed by atoms with Gasteiger partial charge in [-0.15, -0.1) is 0 Å². The Hall–Kier alpha value is -1.48. The second-order valence-electron chi connectivity index (χ2n) is 4.12. The highest BCUT2D eigenvalue weighted by Crippen LogP contribution is 2.26. The molecule has 1 aromatic rings. The fourth-order valence-electron chi connectivity index (χ4n) is 1.92. The first-order valence-electron chi connectivity index (χ1n) is 5.47. The average molecular weight is 258 g/mol. The number of hydrogen-bond donors (Lipinski definition) is 4. The summed E-state index contributed by atoms with van der Waals surface area (Å²) < 4.78 is 6.40. The molecule has 0 amide bonds. The molecule has 1 aromatic heterocycles. The summed E-state index contributed by atoms with van der Waals surface area (Å²) in [5, 5.41) is 28.2. The van der Waals surface area contributed by atoms with Crippen LogP contribution in [-0.2, 0) is 4.74 Å². The molecule has 4 N–H and O–H groups in total. The van der Waals surface area contributed by atoms with Crippen LogP contribution in [0.15, 0.2) is 21.9 Å². The maximum absolute atomic E-state index is 11.5. The first-order chi connectivity index (χ1) is 8.52. The molecule has 0 aromatic carbocycles. The highest BCUT2D eigenvalue weighted by Gasteiger charge is 2.37. The fraction of sp³-hybridized carbons (Fsp3) is 0.600. The molecule has 0 spiro atoms. The van der Waals surface area contributed by atoms with E-state index in [1.807, 2.05) is 0 Å². The van der Waals surface area contributed by atoms with E-state index in [2.05, 4.69) is 4.98 Å². The van der Waals surface area contributed by atoms with Crippen molar-refractivity contribution in [2.75, 3.05) is 6.61 Å². The molecular weight excluding hydrogens is 244 g/mol. The lowest BCUT2D eigenvalue weighted by Crippen LogP contribution is -2.50. The van der Waals surface area contributed by atoms with Gasteiger partial charge in [-0.05, 0) is 0 Å². The van der Waals surface area contributed by atoms with Crippen molar-refractivity contribution < 1.29 is 20.1 Å². The van der Waals surface area contributed by atoms with Gasteiger partial charge in [-0.25, -0.2) is 4.79 Å². The zero-order chi connectivity index (χ0) is 13.3. The van der Waals surface area contributed by atoms with Gasteiger partial charge >= 0.3 is 5.69 Å². The summed E-state index contributed by atoms with van der Waals surface area (Å²) in [4.78, 5) is 24.5. The van der Waals surface area contributed by atoms with Crippen LogP contribution in [0.5, 0.6) is 0 Å². The van der Waals surface area contributed by atoms with Crippen molar-refractivity contribution >= 4 is 0 Å². The second-order valence-corrected chi connectivity index (χ2v) is 4.12. The van der Waals surface area contributed by atoms with Crippen LogP contribution in [0, 0.1) is 0 Å². The molecule has 8 nitrogen and oxygen atoms in total. The maximum Gasteiger partial charge on any atom is 0.330 e. The molecule has 8 heteroatoms. The van der Waals surface area contributed by atoms with Crippen LogP contribution in [0.25, 0.3) is 0 Å². The van der Waals surface area contributed by atoms with Gasteiger partial charge in [0, 0.05) is 18.7 Å². The third-order valence-corrected chi connectivity index (χ3v) is 2.89. The van der Waals surface area contributed by atoms with Crippen molar-refractivity contribution in [1.29, 1.82) is 0 Å². The number of aromatic amines is 1. The van der Waals surface area contributed by atoms with E-state index in [0.29, 0.717) is 0 Å². The molecule has 0 saturated carbocycles. The lowest BCUT2D eigenvalue weighted by molar-refractivity contribution is -0.202. The monoisotopic (exact) mass is 258 g/mol. The van der Waals surface area contributed by atoms with Crippen molar-refractivity contribution in [2.45, 2.75) is 31.0 Å². The number of aromatic nitrogens is 2. The molecular formula is C10H14N2O6. The van der Waals surface area contributed by atoms with Crippen molar-refractivity contribution in [3.8, 4) is 0 Å². The van der Waals surface area contributed by atoms with E-state index >= 15 is 0 Å². The molecule has 0 unspecified atom stereocenters. The Labute approximate surface area is 101 Å². The van der Waals surface area contributed by atoms with Crippen LogP contribution in [0.4, 0.5) is 0 Å². The highest BCUT2D eigenvalue weighted by molar-refractivity contribution is 4.89. The van der Waals surface area contributed by atoms with Crippen LogP contribution >= 0.6 is 0 Å². The quantitative estimate of drug-likeness (QED) is 0.466. The largest absolute Gasteiger partial charge is 0.394 e. The molecule has 4 atom stereocenters. The minimum Gasteiger partial charge on any atom is -0.394 e. The molecule has 1 aliphatic heterocycles. The Kier molecular flexibility index (Phi) is 3.62. The summed E-state index contributed by atoms with van der Waals surface area (Å²) in [5.74, 6) is 0. The first kappa shape index (κ1) is 13.0. The van der Waals surface area contributed by atoms with Crippen molar-refractivity contribution in [3.05, 3.63) is 33.1 Å². The van der Waals surface area contributed by atoms with E-state index < -0.39 is 42.4 Å². The Morgan fingerprint density at radius 2 is 2.17 bits per heavy atom. The van der Waals surface area contributed by atoms with E-state index in [9.17, 15) is 19.8 Å². The molecule has 1 fully saturated rings. The Balaban J connectivity index is 2.28. The van der Waals surface area contributed by atoms with Gasteiger partial charge in [0.05, 0.1) is 12.7 Å². The van der Waals surface area contributed by atoms with Gasteiger partial charge in [0.25, 0.3) is 5.56 Å². The van der Waals surface area contributed by atoms with Gasteiger partial charge in [-0.1, -0.05) is 0 Å². The predicted octanol–water partition coefficient (Wildman–Crippen LogP) is -2.46. The number of hydrogen-bond acceptors (Lipinski definition) is 6. The molecule has 1 saturated heterocycles. The number of nitrogens with zero attached hydrogens (tertiary/aromatic N) is 1. The number of aliphatic hydroxyl groups is 3. The van der Waals surface area contributed by atoms with Gasteiger partial charge in [-0.3, -0.25) is 14.3 Å². The SMILES string of the molecule is O=c1ccn([C@@H]2C[C@H](O)[C@H](O)[C@H](CO)O2)c(=O)[nH]1. The number of ether oxygens (including phenoxy) is 1. The second kappa shape index (κ2) is 5.02. The first-order valence-corrected chi connectivity index (χ1v) is 5.47. The number of nitrogens with one attached hydrogen (secondary N) is 1. The molecule has 1 aliphatic rings. The minimum absolute atomic E-state index is 0.0103. The molecule has 2 heterocycles. The number of H-pyrrole nitrogens is 1. The lowest BCUT2D eigenvalue weighted by Gasteiger charge is -2.36. The van der Waals surface area contributed by atoms with Gasteiger partial charge in [0.15, 0.2) is 0 Å². The van der Waals surface area contributed by atoms with E-state index in [1.54, 1.807) is 0 Å². The average Bonchev–Trinajstić information content (AvgIpc) is 2.32. The Morgan fingerprint density at radius 3 is 2.78 bits per heavy atom. The third kappa shape index (κ3) is 2.36. The van der Waals surface area contributed by atoms with E-state index in [0.717, 1.165) is 10.6 Å². The van der Waals surface area contributed by atoms with Gasteiger partial charge < -0.3 is 20.1 Å². The lowest BCUT2D eigenvalue weighted by atomic mass is 10.0. The van der Waals surface area contributed by atoms with Crippen LogP contribution in [0.1, 0.15) is 12.6 Å². The van der Waals surface area contributed by atoms with E-state index in [4.69, 9.17) is 9.84 Å². The van der Waals surface area contributed by atoms with Crippen LogP contribution in [0.3, 0.4) is 0 Å². The standard InChI is InChI=1S/C10H14N2O6/c13-4-6-9(16)5(14)3-8(18-6)12-2-1-7(15)11-10(12)17/h1-2,5-6,8-9,13-14,16H,3-4H2,(H,11,15,17)/t5-,6-,8-,9-/m0/s1. The van der Waals surface area contributed by atoms with E-state index in [1.165, 1.54) is 6.20 Å². The third-order valence-electron chi connectivity index (χ3n) is 2.89. The Bertz CT molecular complexity index is 524. The summed E-state index contributed by atoms with van der Waals surface area (Å²) in [6.45, 7) is -0.479. The van der Waals surface area contributed by atoms with Gasteiger partial charge in [0.2, 0.25) is 0 Å². The fourth-order valence-corrected chi connectivity index (χ4v) is 1.92. The van der Waals surface area contributed by atoms with Gasteiger partial charge in [0.1, 0.15) is 18.4 Å². The molecule has 0 bridgehead atoms. The normalized spacial score (nSPS) is 32.4. The van der Waals surface area contributed by atoms with Gasteiger partial charge in [-0.2, -0.15) is 0 Å². The summed E-state index contributed by atoms with van der Waals surface area (Å²) in [6, 6.07) is 1.15. The summed E-state index contributed by atoms with van der Waals surface area (Å²) in [6.07, 6.45) is -2.90. The minimum atomic E-state index is -1.20. The van der Waals surface area contributed by atoms with Crippen LogP contribution in [0.2, 0.25) is 0 Å². The molecule has 2 rings (SSSR count). The summed E-state index contributed by atoms with van der Waals surface area (Å²) >= 11 is 0. The van der Waals surface area contributed by atoms with Crippen LogP contribution < -0.4 is 11.2 Å². The molecule has 0 radical (unpaired) electrons. The predicted molar refractivity (Wildman–Crippen MR) is 58.9 cm³/mol. The molecule has 100 valence electrons. The molecule has 18 heavy (non-hydrogen) atoms. The number of aliphatic hydroxyl groups excluding tert-OH is 3. The maximum atomic E-state index is 11.5. The zero-order valence-electron chi connectivity index (χ0n) is 9.39. The van der Waals surface area contributed by atoms with Crippen molar-refractivity contribution in [3.63, 3.8) is 0 Å². The van der Waals surface area contributed by atoms with Crippen LogP contribution in [-0.4, -0.2) is 49.8 Å². The summed E-state index contributed by atoms with van der Waals surface area (Å²) in [7, 11) is 0. The van der Waals surface area contributed by atoms with Crippen molar-refractivity contribution in [1.82, 2.24) is 9.55 Å². The number of rotatable bonds is 2. The topological polar surface area (TPSA) is 125 Å². The van der Waals surface area contributed by atoms with Crippen molar-refractivity contribution in [2.24, 2.45) is 0 Å². The van der Waals surface area contributed by atoms with E-state index in [-0.39, 0.29) is 6.42 Å². The Morgan fingerprint density at radius 1 is 1.44 bits per heavy atom. The zero-order valence-corrected chi connectivity index (χ0v) is 9.39. The molecule has 0 aliphatic carbocycles. The summed E-state index contributed by atoms with van der Waals surface area (Å²) in [5.41, 5.74) is -1.21. The highest BCUT2D eigenvalue weighted by atomic mass is 16.5.